The standard InChI is InChI=1S/C27H26N4O/c28-19-24-22-13-7-8-14-23(22)25(20-9-3-1-4-10-20)29-26(24)30-15-17-31(18-16-30)27(32)21-11-5-2-6-12-21/h1-6,9-12H,7-8,13-18H2/p+1. The highest BCUT2D eigenvalue weighted by atomic mass is 16.2. The molecule has 0 saturated carbocycles. The Morgan fingerprint density at radius 2 is 1.47 bits per heavy atom. The van der Waals surface area contributed by atoms with Crippen LogP contribution in [-0.2, 0) is 12.8 Å². The molecule has 5 nitrogen and oxygen atoms in total. The van der Waals surface area contributed by atoms with Gasteiger partial charge < -0.3 is 4.90 Å². The van der Waals surface area contributed by atoms with Crippen molar-refractivity contribution < 1.29 is 9.78 Å². The van der Waals surface area contributed by atoms with Gasteiger partial charge in [-0.3, -0.25) is 9.69 Å². The van der Waals surface area contributed by atoms with E-state index in [0.717, 1.165) is 53.9 Å². The topological polar surface area (TPSA) is 61.5 Å². The molecule has 0 spiro atoms. The van der Waals surface area contributed by atoms with Gasteiger partial charge in [0.15, 0.2) is 0 Å². The van der Waals surface area contributed by atoms with E-state index in [4.69, 9.17) is 0 Å². The van der Waals surface area contributed by atoms with Crippen molar-refractivity contribution in [3.63, 3.8) is 0 Å². The summed E-state index contributed by atoms with van der Waals surface area (Å²) in [6.45, 7) is 2.70. The molecule has 32 heavy (non-hydrogen) atoms. The lowest BCUT2D eigenvalue weighted by Gasteiger charge is -2.32. The molecular formula is C27H27N4O+. The molecule has 1 aromatic heterocycles. The minimum absolute atomic E-state index is 0.0742. The third kappa shape index (κ3) is 3.73. The van der Waals surface area contributed by atoms with Crippen LogP contribution in [0.5, 0.6) is 0 Å². The first-order valence-corrected chi connectivity index (χ1v) is 11.4. The van der Waals surface area contributed by atoms with Gasteiger partial charge in [-0.1, -0.05) is 48.5 Å². The number of piperazine rings is 1. The number of benzene rings is 2. The van der Waals surface area contributed by atoms with Gasteiger partial charge in [0, 0.05) is 16.7 Å². The highest BCUT2D eigenvalue weighted by molar-refractivity contribution is 5.94. The third-order valence-corrected chi connectivity index (χ3v) is 6.63. The van der Waals surface area contributed by atoms with Gasteiger partial charge in [-0.25, -0.2) is 4.98 Å². The van der Waals surface area contributed by atoms with Crippen LogP contribution in [0, 0.1) is 11.3 Å². The predicted octanol–water partition coefficient (Wildman–Crippen LogP) is 3.88. The number of hydrogen-bond donors (Lipinski definition) is 0. The number of H-pyrrole nitrogens is 1. The van der Waals surface area contributed by atoms with E-state index < -0.39 is 0 Å². The summed E-state index contributed by atoms with van der Waals surface area (Å²) in [5, 5.41) is 10.1. The molecule has 160 valence electrons. The quantitative estimate of drug-likeness (QED) is 0.642. The van der Waals surface area contributed by atoms with E-state index in [-0.39, 0.29) is 5.91 Å². The number of pyridine rings is 1. The van der Waals surface area contributed by atoms with Gasteiger partial charge in [-0.05, 0) is 43.4 Å². The fraction of sp³-hybridized carbons (Fsp3) is 0.296. The highest BCUT2D eigenvalue weighted by Gasteiger charge is 2.33. The highest BCUT2D eigenvalue weighted by Crippen LogP contribution is 2.34. The number of amides is 1. The SMILES string of the molecule is N#Cc1c(N2CCN(C(=O)c3ccccc3)CC2)[nH+]c(-c2ccccc2)c2c1CCCC2. The summed E-state index contributed by atoms with van der Waals surface area (Å²) in [6.07, 6.45) is 4.24. The van der Waals surface area contributed by atoms with E-state index in [9.17, 15) is 10.1 Å². The number of nitrogens with one attached hydrogen (secondary N) is 1. The normalized spacial score (nSPS) is 15.7. The van der Waals surface area contributed by atoms with Crippen LogP contribution in [0.15, 0.2) is 60.7 Å². The first-order valence-electron chi connectivity index (χ1n) is 11.4. The van der Waals surface area contributed by atoms with E-state index in [1.165, 1.54) is 11.1 Å². The number of rotatable bonds is 3. The molecule has 1 aliphatic heterocycles. The van der Waals surface area contributed by atoms with Gasteiger partial charge in [-0.2, -0.15) is 5.26 Å². The Balaban J connectivity index is 1.46. The third-order valence-electron chi connectivity index (χ3n) is 6.63. The molecule has 2 aromatic carbocycles. The number of aromatic amines is 1. The summed E-state index contributed by atoms with van der Waals surface area (Å²) < 4.78 is 0. The van der Waals surface area contributed by atoms with Crippen LogP contribution in [-0.4, -0.2) is 37.0 Å². The molecule has 2 aliphatic rings. The molecule has 1 aliphatic carbocycles. The van der Waals surface area contributed by atoms with Crippen molar-refractivity contribution >= 4 is 11.7 Å². The molecule has 2 heterocycles. The molecule has 1 amide bonds. The van der Waals surface area contributed by atoms with Crippen molar-refractivity contribution in [3.8, 4) is 17.3 Å². The van der Waals surface area contributed by atoms with Crippen molar-refractivity contribution in [2.45, 2.75) is 25.7 Å². The van der Waals surface area contributed by atoms with Crippen LogP contribution in [0.3, 0.4) is 0 Å². The average Bonchev–Trinajstić information content (AvgIpc) is 2.88. The number of carbonyl (C=O) groups excluding carboxylic acids is 1. The number of aromatic nitrogens is 1. The minimum Gasteiger partial charge on any atom is -0.331 e. The molecule has 1 fully saturated rings. The van der Waals surface area contributed by atoms with E-state index in [0.29, 0.717) is 26.2 Å². The van der Waals surface area contributed by atoms with Crippen LogP contribution in [0.4, 0.5) is 5.82 Å². The molecule has 0 unspecified atom stereocenters. The molecule has 1 N–H and O–H groups in total. The Morgan fingerprint density at radius 1 is 0.844 bits per heavy atom. The molecular weight excluding hydrogens is 396 g/mol. The summed E-state index contributed by atoms with van der Waals surface area (Å²) in [6, 6.07) is 22.4. The smallest absolute Gasteiger partial charge is 0.293 e. The fourth-order valence-corrected chi connectivity index (χ4v) is 4.96. The van der Waals surface area contributed by atoms with Crippen molar-refractivity contribution in [3.05, 3.63) is 82.9 Å². The Morgan fingerprint density at radius 3 is 2.12 bits per heavy atom. The maximum Gasteiger partial charge on any atom is 0.293 e. The lowest BCUT2D eigenvalue weighted by molar-refractivity contribution is -0.352. The second kappa shape index (κ2) is 8.84. The van der Waals surface area contributed by atoms with Crippen LogP contribution >= 0.6 is 0 Å². The predicted molar refractivity (Wildman–Crippen MR) is 124 cm³/mol. The van der Waals surface area contributed by atoms with Gasteiger partial charge in [0.05, 0.1) is 13.1 Å². The molecule has 5 heteroatoms. The average molecular weight is 424 g/mol. The monoisotopic (exact) mass is 423 g/mol. The number of fused-ring (bicyclic) bond motifs is 1. The van der Waals surface area contributed by atoms with Crippen molar-refractivity contribution in [2.75, 3.05) is 31.1 Å². The lowest BCUT2D eigenvalue weighted by atomic mass is 9.86. The second-order valence-corrected chi connectivity index (χ2v) is 8.51. The number of hydrogen-bond acceptors (Lipinski definition) is 3. The summed E-state index contributed by atoms with van der Waals surface area (Å²) >= 11 is 0. The molecule has 1 saturated heterocycles. The van der Waals surface area contributed by atoms with Gasteiger partial charge >= 0.3 is 0 Å². The van der Waals surface area contributed by atoms with Crippen LogP contribution in [0.25, 0.3) is 11.3 Å². The Hall–Kier alpha value is -3.65. The largest absolute Gasteiger partial charge is 0.331 e. The van der Waals surface area contributed by atoms with Gasteiger partial charge in [-0.15, -0.1) is 0 Å². The van der Waals surface area contributed by atoms with Crippen LogP contribution in [0.1, 0.15) is 39.9 Å². The number of carbonyl (C=O) groups is 1. The maximum atomic E-state index is 12.8. The molecule has 3 aromatic rings. The van der Waals surface area contributed by atoms with Crippen molar-refractivity contribution in [2.24, 2.45) is 0 Å². The zero-order chi connectivity index (χ0) is 21.9. The van der Waals surface area contributed by atoms with E-state index in [1.807, 2.05) is 41.3 Å². The van der Waals surface area contributed by atoms with Gasteiger partial charge in [0.2, 0.25) is 0 Å². The first kappa shape index (κ1) is 20.3. The summed E-state index contributed by atoms with van der Waals surface area (Å²) in [7, 11) is 0. The first-order chi connectivity index (χ1) is 15.8. The van der Waals surface area contributed by atoms with E-state index >= 15 is 0 Å². The molecule has 0 bridgehead atoms. The molecule has 5 rings (SSSR count). The Bertz CT molecular complexity index is 1160. The number of anilines is 1. The molecule has 0 atom stereocenters. The van der Waals surface area contributed by atoms with Crippen molar-refractivity contribution in [1.82, 2.24) is 4.90 Å². The second-order valence-electron chi connectivity index (χ2n) is 8.51. The Kier molecular flexibility index (Phi) is 5.60. The van der Waals surface area contributed by atoms with E-state index in [1.54, 1.807) is 0 Å². The number of nitrogens with zero attached hydrogens (tertiary/aromatic N) is 3. The fourth-order valence-electron chi connectivity index (χ4n) is 4.96. The zero-order valence-electron chi connectivity index (χ0n) is 18.2. The Labute approximate surface area is 188 Å². The van der Waals surface area contributed by atoms with Gasteiger partial charge in [0.1, 0.15) is 30.4 Å². The van der Waals surface area contributed by atoms with Gasteiger partial charge in [0.25, 0.3) is 11.7 Å². The molecule has 0 radical (unpaired) electrons. The van der Waals surface area contributed by atoms with Crippen LogP contribution in [0.2, 0.25) is 0 Å². The van der Waals surface area contributed by atoms with Crippen LogP contribution < -0.4 is 9.88 Å². The summed E-state index contributed by atoms with van der Waals surface area (Å²) in [5.41, 5.74) is 6.30. The summed E-state index contributed by atoms with van der Waals surface area (Å²) in [5.74, 6) is 0.976. The number of nitriles is 1. The maximum absolute atomic E-state index is 12.8. The van der Waals surface area contributed by atoms with E-state index in [2.05, 4.69) is 40.2 Å². The minimum atomic E-state index is 0.0742. The zero-order valence-corrected chi connectivity index (χ0v) is 18.2. The summed E-state index contributed by atoms with van der Waals surface area (Å²) in [4.78, 5) is 20.7. The van der Waals surface area contributed by atoms with Crippen molar-refractivity contribution in [1.29, 1.82) is 5.26 Å². The lowest BCUT2D eigenvalue weighted by Crippen LogP contribution is -2.50.